The molecule has 0 N–H and O–H groups in total. The first-order chi connectivity index (χ1) is 10.1. The molecule has 3 nitrogen and oxygen atoms in total. The number of amides is 1. The van der Waals surface area contributed by atoms with E-state index in [4.69, 9.17) is 0 Å². The number of hydrogen-bond acceptors (Lipinski definition) is 2. The minimum absolute atomic E-state index is 0.148. The van der Waals surface area contributed by atoms with Crippen molar-refractivity contribution in [1.82, 2.24) is 4.98 Å². The van der Waals surface area contributed by atoms with Crippen molar-refractivity contribution in [2.24, 2.45) is 0 Å². The predicted molar refractivity (Wildman–Crippen MR) is 87.6 cm³/mol. The van der Waals surface area contributed by atoms with Gasteiger partial charge in [-0.25, -0.2) is 0 Å². The molecule has 2 heterocycles. The molecule has 0 radical (unpaired) electrons. The van der Waals surface area contributed by atoms with Gasteiger partial charge in [-0.3, -0.25) is 9.78 Å². The Hall–Kier alpha value is -1.68. The molecule has 1 amide bonds. The van der Waals surface area contributed by atoms with Crippen molar-refractivity contribution in [3.63, 3.8) is 0 Å². The van der Waals surface area contributed by atoms with Gasteiger partial charge in [0, 0.05) is 28.6 Å². The molecule has 1 aliphatic heterocycles. The van der Waals surface area contributed by atoms with E-state index in [9.17, 15) is 4.79 Å². The van der Waals surface area contributed by atoms with Gasteiger partial charge in [-0.15, -0.1) is 0 Å². The van der Waals surface area contributed by atoms with Crippen molar-refractivity contribution < 1.29 is 4.79 Å². The maximum atomic E-state index is 12.7. The molecule has 0 atom stereocenters. The molecule has 0 unspecified atom stereocenters. The maximum absolute atomic E-state index is 12.7. The maximum Gasteiger partial charge on any atom is 0.231 e. The zero-order valence-electron chi connectivity index (χ0n) is 12.2. The lowest BCUT2D eigenvalue weighted by Gasteiger charge is -2.20. The Morgan fingerprint density at radius 2 is 2.19 bits per heavy atom. The number of hydrogen-bond donors (Lipinski definition) is 0. The molecule has 0 bridgehead atoms. The van der Waals surface area contributed by atoms with Gasteiger partial charge in [0.05, 0.1) is 6.42 Å². The first kappa shape index (κ1) is 14.3. The molecule has 0 fully saturated rings. The highest BCUT2D eigenvalue weighted by Crippen LogP contribution is 2.34. The van der Waals surface area contributed by atoms with Gasteiger partial charge in [0.25, 0.3) is 0 Å². The fourth-order valence-electron chi connectivity index (χ4n) is 2.94. The fourth-order valence-corrected chi connectivity index (χ4v) is 3.56. The zero-order valence-corrected chi connectivity index (χ0v) is 13.8. The molecular formula is C17H17BrN2O. The van der Waals surface area contributed by atoms with E-state index in [1.165, 1.54) is 5.56 Å². The van der Waals surface area contributed by atoms with Gasteiger partial charge in [0.2, 0.25) is 5.91 Å². The fraction of sp³-hybridized carbons (Fsp3) is 0.294. The van der Waals surface area contributed by atoms with Crippen LogP contribution < -0.4 is 4.90 Å². The number of carbonyl (C=O) groups is 1. The summed E-state index contributed by atoms with van der Waals surface area (Å²) in [5, 5.41) is 0. The van der Waals surface area contributed by atoms with Gasteiger partial charge < -0.3 is 4.90 Å². The lowest BCUT2D eigenvalue weighted by atomic mass is 10.1. The van der Waals surface area contributed by atoms with Crippen molar-refractivity contribution in [2.45, 2.75) is 26.7 Å². The van der Waals surface area contributed by atoms with E-state index in [2.05, 4.69) is 40.0 Å². The third-order valence-corrected chi connectivity index (χ3v) is 4.44. The van der Waals surface area contributed by atoms with Gasteiger partial charge in [0.1, 0.15) is 0 Å². The number of benzene rings is 1. The Kier molecular flexibility index (Phi) is 3.81. The molecule has 0 saturated heterocycles. The van der Waals surface area contributed by atoms with Crippen molar-refractivity contribution >= 4 is 27.5 Å². The summed E-state index contributed by atoms with van der Waals surface area (Å²) >= 11 is 3.52. The minimum Gasteiger partial charge on any atom is -0.311 e. The molecule has 1 aromatic carbocycles. The summed E-state index contributed by atoms with van der Waals surface area (Å²) in [4.78, 5) is 18.8. The second-order valence-corrected chi connectivity index (χ2v) is 6.37. The normalized spacial score (nSPS) is 13.4. The molecule has 21 heavy (non-hydrogen) atoms. The van der Waals surface area contributed by atoms with Gasteiger partial charge in [-0.05, 0) is 55.2 Å². The van der Waals surface area contributed by atoms with Crippen molar-refractivity contribution in [3.05, 3.63) is 57.3 Å². The van der Waals surface area contributed by atoms with Gasteiger partial charge in [-0.2, -0.15) is 0 Å². The topological polar surface area (TPSA) is 33.2 Å². The summed E-state index contributed by atoms with van der Waals surface area (Å²) in [6.45, 7) is 4.78. The predicted octanol–water partition coefficient (Wildman–Crippen LogP) is 3.59. The Morgan fingerprint density at radius 1 is 1.38 bits per heavy atom. The summed E-state index contributed by atoms with van der Waals surface area (Å²) < 4.78 is 1.08. The van der Waals surface area contributed by atoms with Crippen LogP contribution in [0.3, 0.4) is 0 Å². The average Bonchev–Trinajstić information content (AvgIpc) is 2.85. The van der Waals surface area contributed by atoms with E-state index in [1.54, 1.807) is 6.20 Å². The third-order valence-electron chi connectivity index (χ3n) is 3.98. The van der Waals surface area contributed by atoms with Crippen LogP contribution in [0.4, 0.5) is 5.69 Å². The van der Waals surface area contributed by atoms with Crippen LogP contribution in [0.2, 0.25) is 0 Å². The molecule has 0 aliphatic carbocycles. The molecular weight excluding hydrogens is 328 g/mol. The molecule has 0 spiro atoms. The van der Waals surface area contributed by atoms with Crippen LogP contribution in [0.15, 0.2) is 34.9 Å². The molecule has 1 aliphatic rings. The largest absolute Gasteiger partial charge is 0.311 e. The molecule has 4 heteroatoms. The highest BCUT2D eigenvalue weighted by atomic mass is 79.9. The quantitative estimate of drug-likeness (QED) is 0.833. The SMILES string of the molecule is Cc1cc(Br)cc2c1N(C(=O)Cc1cccnc1C)CC2. The van der Waals surface area contributed by atoms with E-state index in [-0.39, 0.29) is 5.91 Å². The second kappa shape index (κ2) is 5.60. The van der Waals surface area contributed by atoms with Crippen LogP contribution in [0, 0.1) is 13.8 Å². The van der Waals surface area contributed by atoms with E-state index in [0.717, 1.165) is 39.9 Å². The second-order valence-electron chi connectivity index (χ2n) is 5.45. The van der Waals surface area contributed by atoms with E-state index in [1.807, 2.05) is 24.0 Å². The summed E-state index contributed by atoms with van der Waals surface area (Å²) in [5.41, 5.74) is 5.42. The van der Waals surface area contributed by atoms with Gasteiger partial charge in [0.15, 0.2) is 0 Å². The monoisotopic (exact) mass is 344 g/mol. The summed E-state index contributed by atoms with van der Waals surface area (Å²) in [5.74, 6) is 0.148. The number of carbonyl (C=O) groups excluding carboxylic acids is 1. The van der Waals surface area contributed by atoms with Crippen LogP contribution in [-0.4, -0.2) is 17.4 Å². The Balaban J connectivity index is 1.88. The number of rotatable bonds is 2. The van der Waals surface area contributed by atoms with Crippen LogP contribution in [0.5, 0.6) is 0 Å². The number of aryl methyl sites for hydroxylation is 2. The standard InChI is InChI=1S/C17H17BrN2O/c1-11-8-15(18)9-14-5-7-20(17(11)14)16(21)10-13-4-3-6-19-12(13)2/h3-4,6,8-9H,5,7,10H2,1-2H3. The van der Waals surface area contributed by atoms with Gasteiger partial charge >= 0.3 is 0 Å². The van der Waals surface area contributed by atoms with Crippen molar-refractivity contribution in [1.29, 1.82) is 0 Å². The van der Waals surface area contributed by atoms with E-state index in [0.29, 0.717) is 6.42 Å². The average molecular weight is 345 g/mol. The molecule has 0 saturated carbocycles. The smallest absolute Gasteiger partial charge is 0.231 e. The summed E-state index contributed by atoms with van der Waals surface area (Å²) in [6, 6.07) is 8.05. The third kappa shape index (κ3) is 2.72. The number of halogens is 1. The number of aromatic nitrogens is 1. The van der Waals surface area contributed by atoms with E-state index < -0.39 is 0 Å². The number of pyridine rings is 1. The van der Waals surface area contributed by atoms with Crippen LogP contribution in [0.1, 0.15) is 22.4 Å². The summed E-state index contributed by atoms with van der Waals surface area (Å²) in [6.07, 6.45) is 3.10. The van der Waals surface area contributed by atoms with Gasteiger partial charge in [-0.1, -0.05) is 22.0 Å². The van der Waals surface area contributed by atoms with Crippen molar-refractivity contribution in [3.8, 4) is 0 Å². The number of fused-ring (bicyclic) bond motifs is 1. The molecule has 3 rings (SSSR count). The highest BCUT2D eigenvalue weighted by Gasteiger charge is 2.26. The van der Waals surface area contributed by atoms with Crippen molar-refractivity contribution in [2.75, 3.05) is 11.4 Å². The molecule has 2 aromatic rings. The first-order valence-electron chi connectivity index (χ1n) is 7.06. The Labute approximate surface area is 133 Å². The summed E-state index contributed by atoms with van der Waals surface area (Å²) in [7, 11) is 0. The minimum atomic E-state index is 0.148. The lowest BCUT2D eigenvalue weighted by Crippen LogP contribution is -2.31. The van der Waals surface area contributed by atoms with Crippen LogP contribution in [0.25, 0.3) is 0 Å². The van der Waals surface area contributed by atoms with E-state index >= 15 is 0 Å². The lowest BCUT2D eigenvalue weighted by molar-refractivity contribution is -0.117. The molecule has 108 valence electrons. The van der Waals surface area contributed by atoms with Crippen LogP contribution in [-0.2, 0) is 17.6 Å². The Bertz CT molecular complexity index is 712. The van der Waals surface area contributed by atoms with Crippen LogP contribution >= 0.6 is 15.9 Å². The first-order valence-corrected chi connectivity index (χ1v) is 7.85. The number of nitrogens with zero attached hydrogens (tertiary/aromatic N) is 2. The Morgan fingerprint density at radius 3 is 2.95 bits per heavy atom. The highest BCUT2D eigenvalue weighted by molar-refractivity contribution is 9.10. The molecule has 1 aromatic heterocycles. The zero-order chi connectivity index (χ0) is 15.0. The number of anilines is 1.